The molecule has 1 saturated carbocycles. The van der Waals surface area contributed by atoms with Gasteiger partial charge < -0.3 is 10.6 Å². The number of sulfone groups is 1. The van der Waals surface area contributed by atoms with E-state index < -0.39 is 9.84 Å². The average Bonchev–Trinajstić information content (AvgIpc) is 3.34. The lowest BCUT2D eigenvalue weighted by Gasteiger charge is -2.24. The molecule has 2 aliphatic rings. The summed E-state index contributed by atoms with van der Waals surface area (Å²) in [5.74, 6) is 0.742. The van der Waals surface area contributed by atoms with Crippen molar-refractivity contribution < 1.29 is 8.42 Å². The van der Waals surface area contributed by atoms with E-state index in [2.05, 4.69) is 20.5 Å². The lowest BCUT2D eigenvalue weighted by atomic mass is 10.2. The molecule has 0 aromatic heterocycles. The summed E-state index contributed by atoms with van der Waals surface area (Å²) in [4.78, 5) is 7.47. The van der Waals surface area contributed by atoms with E-state index in [0.29, 0.717) is 10.9 Å². The van der Waals surface area contributed by atoms with Crippen LogP contribution in [0.5, 0.6) is 0 Å². The normalized spacial score (nSPS) is 21.5. The minimum atomic E-state index is -3.29. The van der Waals surface area contributed by atoms with Gasteiger partial charge in [0.05, 0.1) is 17.2 Å². The molecule has 2 fully saturated rings. The highest BCUT2D eigenvalue weighted by Crippen LogP contribution is 2.26. The van der Waals surface area contributed by atoms with Crippen molar-refractivity contribution in [2.45, 2.75) is 56.0 Å². The van der Waals surface area contributed by atoms with Crippen molar-refractivity contribution in [2.75, 3.05) is 31.9 Å². The number of likely N-dealkylation sites (tertiary alicyclic amines) is 1. The summed E-state index contributed by atoms with van der Waals surface area (Å²) in [6.45, 7) is 5.24. The van der Waals surface area contributed by atoms with Crippen LogP contribution in [0.4, 0.5) is 0 Å². The fraction of sp³-hybridized carbons (Fsp3) is 0.650. The van der Waals surface area contributed by atoms with Gasteiger partial charge in [0.1, 0.15) is 0 Å². The first-order chi connectivity index (χ1) is 13.1. The Morgan fingerprint density at radius 2 is 1.89 bits per heavy atom. The molecule has 0 radical (unpaired) electrons. The van der Waals surface area contributed by atoms with E-state index in [9.17, 15) is 8.42 Å². The summed E-state index contributed by atoms with van der Waals surface area (Å²) in [6, 6.07) is 9.73. The molecule has 1 aliphatic carbocycles. The predicted octanol–water partition coefficient (Wildman–Crippen LogP) is 2.65. The summed E-state index contributed by atoms with van der Waals surface area (Å²) in [7, 11) is -3.29. The van der Waals surface area contributed by atoms with Crippen molar-refractivity contribution in [3.05, 3.63) is 30.3 Å². The van der Waals surface area contributed by atoms with Gasteiger partial charge in [0.25, 0.3) is 0 Å². The van der Waals surface area contributed by atoms with E-state index in [1.807, 2.05) is 13.0 Å². The van der Waals surface area contributed by atoms with Gasteiger partial charge in [-0.15, -0.1) is 24.0 Å². The largest absolute Gasteiger partial charge is 0.357 e. The maximum atomic E-state index is 12.4. The number of hydrogen-bond acceptors (Lipinski definition) is 4. The monoisotopic (exact) mass is 520 g/mol. The zero-order chi connectivity index (χ0) is 19.1. The van der Waals surface area contributed by atoms with Crippen LogP contribution in [0.3, 0.4) is 0 Å². The van der Waals surface area contributed by atoms with Gasteiger partial charge in [0, 0.05) is 31.7 Å². The molecule has 2 N–H and O–H groups in total. The second kappa shape index (κ2) is 11.3. The number of guanidine groups is 1. The van der Waals surface area contributed by atoms with Crippen molar-refractivity contribution in [2.24, 2.45) is 4.99 Å². The molecule has 158 valence electrons. The highest BCUT2D eigenvalue weighted by molar-refractivity contribution is 14.0. The highest BCUT2D eigenvalue weighted by Gasteiger charge is 2.30. The van der Waals surface area contributed by atoms with Gasteiger partial charge in [0.15, 0.2) is 15.8 Å². The Balaban J connectivity index is 0.00000280. The minimum absolute atomic E-state index is 0. The Labute approximate surface area is 186 Å². The SMILES string of the molecule is CCNC(=NCCS(=O)(=O)c1ccccc1)NC1CCN(C2CCCC2)C1.I. The first kappa shape index (κ1) is 23.4. The molecule has 1 heterocycles. The Kier molecular flexibility index (Phi) is 9.49. The molecule has 1 aromatic carbocycles. The number of benzene rings is 1. The van der Waals surface area contributed by atoms with E-state index in [-0.39, 0.29) is 36.3 Å². The zero-order valence-corrected chi connectivity index (χ0v) is 19.8. The average molecular weight is 520 g/mol. The molecule has 1 atom stereocenters. The first-order valence-electron chi connectivity index (χ1n) is 10.1. The third-order valence-corrected chi connectivity index (χ3v) is 7.19. The molecule has 1 saturated heterocycles. The Bertz CT molecular complexity index is 721. The summed E-state index contributed by atoms with van der Waals surface area (Å²) in [6.07, 6.45) is 6.50. The van der Waals surface area contributed by atoms with Crippen molar-refractivity contribution in [3.63, 3.8) is 0 Å². The van der Waals surface area contributed by atoms with E-state index in [1.165, 1.54) is 25.7 Å². The summed E-state index contributed by atoms with van der Waals surface area (Å²) >= 11 is 0. The van der Waals surface area contributed by atoms with Crippen LogP contribution in [0.1, 0.15) is 39.0 Å². The van der Waals surface area contributed by atoms with Gasteiger partial charge in [-0.25, -0.2) is 8.42 Å². The molecule has 3 rings (SSSR count). The third kappa shape index (κ3) is 6.59. The lowest BCUT2D eigenvalue weighted by Crippen LogP contribution is -2.45. The lowest BCUT2D eigenvalue weighted by molar-refractivity contribution is 0.242. The van der Waals surface area contributed by atoms with Crippen LogP contribution in [0, 0.1) is 0 Å². The van der Waals surface area contributed by atoms with Crippen molar-refractivity contribution in [3.8, 4) is 0 Å². The highest BCUT2D eigenvalue weighted by atomic mass is 127. The summed E-state index contributed by atoms with van der Waals surface area (Å²) in [5, 5.41) is 6.74. The summed E-state index contributed by atoms with van der Waals surface area (Å²) < 4.78 is 24.8. The number of nitrogens with zero attached hydrogens (tertiary/aromatic N) is 2. The number of aliphatic imine (C=N–C) groups is 1. The molecular formula is C20H33IN4O2S. The first-order valence-corrected chi connectivity index (χ1v) is 11.8. The maximum absolute atomic E-state index is 12.4. The standard InChI is InChI=1S/C20H32N4O2S.HI/c1-2-21-20(22-13-15-27(25,26)19-10-4-3-5-11-19)23-17-12-14-24(16-17)18-8-6-7-9-18;/h3-5,10-11,17-18H,2,6-9,12-16H2,1H3,(H2,21,22,23);1H. The molecule has 1 unspecified atom stereocenters. The fourth-order valence-electron chi connectivity index (χ4n) is 4.04. The van der Waals surface area contributed by atoms with E-state index in [0.717, 1.165) is 38.1 Å². The quantitative estimate of drug-likeness (QED) is 0.329. The topological polar surface area (TPSA) is 73.8 Å². The maximum Gasteiger partial charge on any atom is 0.191 e. The van der Waals surface area contributed by atoms with Crippen LogP contribution in [-0.4, -0.2) is 63.3 Å². The predicted molar refractivity (Wildman–Crippen MR) is 125 cm³/mol. The number of hydrogen-bond donors (Lipinski definition) is 2. The molecule has 6 nitrogen and oxygen atoms in total. The molecule has 0 spiro atoms. The Morgan fingerprint density at radius 1 is 1.18 bits per heavy atom. The molecular weight excluding hydrogens is 487 g/mol. The van der Waals surface area contributed by atoms with Gasteiger partial charge in [-0.2, -0.15) is 0 Å². The van der Waals surface area contributed by atoms with Crippen LogP contribution in [0.2, 0.25) is 0 Å². The zero-order valence-electron chi connectivity index (χ0n) is 16.6. The van der Waals surface area contributed by atoms with Gasteiger partial charge in [-0.3, -0.25) is 9.89 Å². The molecule has 1 aromatic rings. The van der Waals surface area contributed by atoms with Crippen LogP contribution in [0.25, 0.3) is 0 Å². The van der Waals surface area contributed by atoms with Crippen LogP contribution >= 0.6 is 24.0 Å². The number of rotatable bonds is 7. The number of halogens is 1. The molecule has 8 heteroatoms. The number of nitrogens with one attached hydrogen (secondary N) is 2. The van der Waals surface area contributed by atoms with E-state index >= 15 is 0 Å². The molecule has 28 heavy (non-hydrogen) atoms. The van der Waals surface area contributed by atoms with Crippen LogP contribution in [-0.2, 0) is 9.84 Å². The van der Waals surface area contributed by atoms with Crippen molar-refractivity contribution in [1.29, 1.82) is 0 Å². The van der Waals surface area contributed by atoms with Gasteiger partial charge in [-0.1, -0.05) is 31.0 Å². The van der Waals surface area contributed by atoms with E-state index in [1.54, 1.807) is 24.3 Å². The van der Waals surface area contributed by atoms with Crippen LogP contribution < -0.4 is 10.6 Å². The summed E-state index contributed by atoms with van der Waals surface area (Å²) in [5.41, 5.74) is 0. The molecule has 1 aliphatic heterocycles. The Morgan fingerprint density at radius 3 is 2.57 bits per heavy atom. The second-order valence-electron chi connectivity index (χ2n) is 7.46. The van der Waals surface area contributed by atoms with Crippen molar-refractivity contribution in [1.82, 2.24) is 15.5 Å². The molecule has 0 amide bonds. The van der Waals surface area contributed by atoms with Gasteiger partial charge >= 0.3 is 0 Å². The molecule has 0 bridgehead atoms. The van der Waals surface area contributed by atoms with Gasteiger partial charge in [-0.05, 0) is 38.3 Å². The smallest absolute Gasteiger partial charge is 0.191 e. The van der Waals surface area contributed by atoms with E-state index in [4.69, 9.17) is 0 Å². The van der Waals surface area contributed by atoms with Crippen LogP contribution in [0.15, 0.2) is 40.2 Å². The third-order valence-electron chi connectivity index (χ3n) is 5.48. The second-order valence-corrected chi connectivity index (χ2v) is 9.56. The Hall–Kier alpha value is -0.870. The fourth-order valence-corrected chi connectivity index (χ4v) is 5.18. The van der Waals surface area contributed by atoms with Crippen molar-refractivity contribution >= 4 is 39.8 Å². The van der Waals surface area contributed by atoms with Gasteiger partial charge in [0.2, 0.25) is 0 Å². The minimum Gasteiger partial charge on any atom is -0.357 e.